The number of hydrogen-bond donors (Lipinski definition) is 0. The molecule has 4 aliphatic carbocycles. The number of ketones is 2. The zero-order valence-electron chi connectivity index (χ0n) is 12.2. The summed E-state index contributed by atoms with van der Waals surface area (Å²) in [5.74, 6) is 2.66. The van der Waals surface area contributed by atoms with Crippen LogP contribution in [0.15, 0.2) is 23.3 Å². The van der Waals surface area contributed by atoms with Gasteiger partial charge in [-0.2, -0.15) is 0 Å². The minimum atomic E-state index is -0.0343. The topological polar surface area (TPSA) is 34.1 Å². The summed E-state index contributed by atoms with van der Waals surface area (Å²) in [7, 11) is 0. The lowest BCUT2D eigenvalue weighted by Crippen LogP contribution is -2.43. The fourth-order valence-corrected chi connectivity index (χ4v) is 5.48. The van der Waals surface area contributed by atoms with Gasteiger partial charge in [-0.3, -0.25) is 9.59 Å². The molecule has 0 radical (unpaired) electrons. The van der Waals surface area contributed by atoms with E-state index in [9.17, 15) is 9.59 Å². The van der Waals surface area contributed by atoms with Crippen molar-refractivity contribution in [2.75, 3.05) is 0 Å². The molecule has 2 saturated carbocycles. The minimum Gasteiger partial charge on any atom is -0.299 e. The molecule has 0 aromatic rings. The third-order valence-corrected chi connectivity index (χ3v) is 6.57. The first-order valence-electron chi connectivity index (χ1n) is 8.06. The van der Waals surface area contributed by atoms with Gasteiger partial charge in [-0.1, -0.05) is 18.6 Å². The Morgan fingerprint density at radius 2 is 1.95 bits per heavy atom. The zero-order chi connectivity index (χ0) is 13.9. The van der Waals surface area contributed by atoms with Crippen LogP contribution in [0.2, 0.25) is 0 Å². The Bertz CT molecular complexity index is 554. The van der Waals surface area contributed by atoms with E-state index in [2.05, 4.69) is 13.0 Å². The summed E-state index contributed by atoms with van der Waals surface area (Å²) in [5.41, 5.74) is 2.82. The molecule has 20 heavy (non-hydrogen) atoms. The van der Waals surface area contributed by atoms with Gasteiger partial charge in [-0.15, -0.1) is 0 Å². The third kappa shape index (κ3) is 1.57. The molecule has 0 N–H and O–H groups in total. The predicted molar refractivity (Wildman–Crippen MR) is 77.1 cm³/mol. The Morgan fingerprint density at radius 1 is 1.10 bits per heavy atom. The van der Waals surface area contributed by atoms with Crippen molar-refractivity contribution in [3.63, 3.8) is 0 Å². The molecular formula is C18H22O2. The number of carbonyl (C=O) groups excluding carboxylic acids is 2. The number of fused-ring (bicyclic) bond motifs is 4. The van der Waals surface area contributed by atoms with Gasteiger partial charge in [0.1, 0.15) is 5.78 Å². The normalized spacial score (nSPS) is 43.4. The van der Waals surface area contributed by atoms with Gasteiger partial charge in [0.2, 0.25) is 0 Å². The highest BCUT2D eigenvalue weighted by Gasteiger charge is 2.54. The molecule has 4 unspecified atom stereocenters. The van der Waals surface area contributed by atoms with Crippen molar-refractivity contribution in [3.8, 4) is 0 Å². The fourth-order valence-electron chi connectivity index (χ4n) is 5.48. The quantitative estimate of drug-likeness (QED) is 0.673. The molecule has 0 aliphatic heterocycles. The van der Waals surface area contributed by atoms with E-state index >= 15 is 0 Å². The number of carbonyl (C=O) groups is 2. The molecule has 0 aromatic carbocycles. The average molecular weight is 270 g/mol. The molecule has 2 heteroatoms. The molecule has 0 heterocycles. The second kappa shape index (κ2) is 4.16. The SMILES string of the molecule is CC12CCC3C4=C(CCC3C1CCC2=O)CC(=O)C=C4. The Kier molecular flexibility index (Phi) is 2.61. The van der Waals surface area contributed by atoms with Crippen molar-refractivity contribution >= 4 is 11.6 Å². The monoisotopic (exact) mass is 270 g/mol. The van der Waals surface area contributed by atoms with Crippen LogP contribution in [0, 0.1) is 23.2 Å². The summed E-state index contributed by atoms with van der Waals surface area (Å²) in [6.45, 7) is 2.22. The van der Waals surface area contributed by atoms with E-state index in [1.54, 1.807) is 6.08 Å². The van der Waals surface area contributed by atoms with E-state index < -0.39 is 0 Å². The van der Waals surface area contributed by atoms with Crippen LogP contribution >= 0.6 is 0 Å². The number of rotatable bonds is 0. The largest absolute Gasteiger partial charge is 0.299 e. The van der Waals surface area contributed by atoms with Crippen LogP contribution in [0.4, 0.5) is 0 Å². The van der Waals surface area contributed by atoms with Crippen LogP contribution in [0.5, 0.6) is 0 Å². The Hall–Kier alpha value is -1.18. The van der Waals surface area contributed by atoms with Gasteiger partial charge in [0, 0.05) is 18.3 Å². The van der Waals surface area contributed by atoms with Crippen molar-refractivity contribution in [2.24, 2.45) is 23.2 Å². The maximum Gasteiger partial charge on any atom is 0.159 e. The van der Waals surface area contributed by atoms with Crippen molar-refractivity contribution < 1.29 is 9.59 Å². The molecule has 0 amide bonds. The van der Waals surface area contributed by atoms with Crippen LogP contribution in [0.1, 0.15) is 51.9 Å². The molecule has 0 spiro atoms. The summed E-state index contributed by atoms with van der Waals surface area (Å²) >= 11 is 0. The maximum absolute atomic E-state index is 12.3. The van der Waals surface area contributed by atoms with Gasteiger partial charge in [0.05, 0.1) is 0 Å². The van der Waals surface area contributed by atoms with Crippen molar-refractivity contribution in [1.82, 2.24) is 0 Å². The van der Waals surface area contributed by atoms with Crippen LogP contribution in [-0.2, 0) is 9.59 Å². The lowest BCUT2D eigenvalue weighted by molar-refractivity contribution is -0.129. The lowest BCUT2D eigenvalue weighted by atomic mass is 9.55. The molecule has 0 aromatic heterocycles. The van der Waals surface area contributed by atoms with Crippen molar-refractivity contribution in [3.05, 3.63) is 23.3 Å². The molecule has 0 bridgehead atoms. The van der Waals surface area contributed by atoms with Gasteiger partial charge < -0.3 is 0 Å². The first-order valence-corrected chi connectivity index (χ1v) is 8.06. The van der Waals surface area contributed by atoms with E-state index in [1.807, 2.05) is 0 Å². The molecular weight excluding hydrogens is 248 g/mol. The van der Waals surface area contributed by atoms with E-state index in [0.717, 1.165) is 32.1 Å². The maximum atomic E-state index is 12.3. The fraction of sp³-hybridized carbons (Fsp3) is 0.667. The van der Waals surface area contributed by atoms with Gasteiger partial charge in [0.25, 0.3) is 0 Å². The highest BCUT2D eigenvalue weighted by Crippen LogP contribution is 2.59. The van der Waals surface area contributed by atoms with Gasteiger partial charge in [0.15, 0.2) is 5.78 Å². The number of allylic oxidation sites excluding steroid dienone is 4. The van der Waals surface area contributed by atoms with Gasteiger partial charge in [-0.25, -0.2) is 0 Å². The number of hydrogen-bond acceptors (Lipinski definition) is 2. The Balaban J connectivity index is 1.69. The molecule has 4 aliphatic rings. The van der Waals surface area contributed by atoms with E-state index in [1.165, 1.54) is 17.6 Å². The highest BCUT2D eigenvalue weighted by atomic mass is 16.1. The molecule has 0 saturated heterocycles. The Labute approximate surface area is 120 Å². The smallest absolute Gasteiger partial charge is 0.159 e. The van der Waals surface area contributed by atoms with Crippen molar-refractivity contribution in [1.29, 1.82) is 0 Å². The van der Waals surface area contributed by atoms with Crippen LogP contribution in [0.25, 0.3) is 0 Å². The molecule has 4 rings (SSSR count). The Morgan fingerprint density at radius 3 is 2.80 bits per heavy atom. The number of Topliss-reactive ketones (excluding diaryl/α,β-unsaturated/α-hetero) is 1. The summed E-state index contributed by atoms with van der Waals surface area (Å²) in [5, 5.41) is 0. The van der Waals surface area contributed by atoms with Crippen LogP contribution < -0.4 is 0 Å². The second-order valence-corrected chi connectivity index (χ2v) is 7.37. The summed E-state index contributed by atoms with van der Waals surface area (Å²) in [6.07, 6.45) is 10.9. The first-order chi connectivity index (χ1) is 9.59. The predicted octanol–water partition coefficient (Wildman–Crippen LogP) is 3.62. The molecule has 2 fully saturated rings. The van der Waals surface area contributed by atoms with E-state index in [-0.39, 0.29) is 11.2 Å². The van der Waals surface area contributed by atoms with Gasteiger partial charge in [-0.05, 0) is 61.5 Å². The summed E-state index contributed by atoms with van der Waals surface area (Å²) in [6, 6.07) is 0. The van der Waals surface area contributed by atoms with E-state index in [0.29, 0.717) is 30.0 Å². The van der Waals surface area contributed by atoms with Crippen LogP contribution in [0.3, 0.4) is 0 Å². The zero-order valence-corrected chi connectivity index (χ0v) is 12.2. The molecule has 2 nitrogen and oxygen atoms in total. The second-order valence-electron chi connectivity index (χ2n) is 7.37. The standard InChI is InChI=1S/C18H22O2/c1-18-9-8-14-13-5-3-12(19)10-11(13)2-4-15(14)16(18)6-7-17(18)20/h3,5,14-16H,2,4,6-10H2,1H3. The summed E-state index contributed by atoms with van der Waals surface area (Å²) in [4.78, 5) is 23.8. The molecule has 106 valence electrons. The highest BCUT2D eigenvalue weighted by molar-refractivity contribution is 5.93. The van der Waals surface area contributed by atoms with Gasteiger partial charge >= 0.3 is 0 Å². The van der Waals surface area contributed by atoms with E-state index in [4.69, 9.17) is 0 Å². The lowest BCUT2D eigenvalue weighted by Gasteiger charge is -2.49. The average Bonchev–Trinajstić information content (AvgIpc) is 2.74. The summed E-state index contributed by atoms with van der Waals surface area (Å²) < 4.78 is 0. The van der Waals surface area contributed by atoms with Crippen LogP contribution in [-0.4, -0.2) is 11.6 Å². The minimum absolute atomic E-state index is 0.0343. The van der Waals surface area contributed by atoms with Crippen molar-refractivity contribution in [2.45, 2.75) is 51.9 Å². The third-order valence-electron chi connectivity index (χ3n) is 6.57. The molecule has 4 atom stereocenters. The first kappa shape index (κ1) is 12.6.